The molecule has 1 rings (SSSR count). The van der Waals surface area contributed by atoms with Crippen LogP contribution in [0.5, 0.6) is 5.75 Å². The van der Waals surface area contributed by atoms with E-state index in [1.165, 1.54) is 11.5 Å². The van der Waals surface area contributed by atoms with Crippen LogP contribution in [0.3, 0.4) is 0 Å². The van der Waals surface area contributed by atoms with E-state index in [0.717, 1.165) is 11.3 Å². The molecule has 5 heteroatoms. The van der Waals surface area contributed by atoms with Gasteiger partial charge in [0.05, 0.1) is 13.8 Å². The molecule has 4 nitrogen and oxygen atoms in total. The van der Waals surface area contributed by atoms with E-state index >= 15 is 0 Å². The van der Waals surface area contributed by atoms with Crippen LogP contribution in [0, 0.1) is 6.23 Å². The van der Waals surface area contributed by atoms with Gasteiger partial charge in [-0.05, 0) is 25.2 Å². The maximum Gasteiger partial charge on any atom is 0.326 e. The minimum atomic E-state index is -1.84. The lowest BCUT2D eigenvalue weighted by Gasteiger charge is -2.26. The van der Waals surface area contributed by atoms with Crippen molar-refractivity contribution < 1.29 is 18.5 Å². The molecular weight excluding hydrogens is 258 g/mol. The minimum absolute atomic E-state index is 0.163. The molecule has 0 radical (unpaired) electrons. The lowest BCUT2D eigenvalue weighted by molar-refractivity contribution is -0.452. The van der Waals surface area contributed by atoms with Crippen molar-refractivity contribution in [1.29, 1.82) is 0 Å². The van der Waals surface area contributed by atoms with Gasteiger partial charge in [-0.25, -0.2) is 4.58 Å². The molecule has 0 saturated heterocycles. The first-order chi connectivity index (χ1) is 8.74. The van der Waals surface area contributed by atoms with Gasteiger partial charge in [-0.15, -0.1) is 12.1 Å². The third-order valence-electron chi connectivity index (χ3n) is 2.37. The van der Waals surface area contributed by atoms with Gasteiger partial charge in [-0.3, -0.25) is 4.79 Å². The number of carbonyl (C=O) groups is 1. The lowest BCUT2D eigenvalue weighted by Crippen LogP contribution is -2.35. The number of carbonyl (C=O) groups excluding carboxylic acids is 1. The summed E-state index contributed by atoms with van der Waals surface area (Å²) in [4.78, 5) is 11.5. The van der Waals surface area contributed by atoms with Crippen LogP contribution in [0.1, 0.15) is 12.5 Å². The molecule has 0 N–H and O–H groups in total. The molecule has 0 aromatic heterocycles. The minimum Gasteiger partial charge on any atom is -0.498 e. The van der Waals surface area contributed by atoms with Crippen molar-refractivity contribution in [3.05, 3.63) is 36.1 Å². The summed E-state index contributed by atoms with van der Waals surface area (Å²) < 4.78 is 12.4. The van der Waals surface area contributed by atoms with Crippen molar-refractivity contribution in [2.75, 3.05) is 7.11 Å². The Labute approximate surface area is 115 Å². The van der Waals surface area contributed by atoms with Crippen molar-refractivity contribution in [3.8, 4) is 5.75 Å². The molecule has 1 amide bonds. The van der Waals surface area contributed by atoms with Gasteiger partial charge in [-0.2, -0.15) is 0 Å². The third-order valence-corrected chi connectivity index (χ3v) is 3.17. The van der Waals surface area contributed by atoms with Gasteiger partial charge < -0.3 is 9.16 Å². The first kappa shape index (κ1) is 15.5. The molecule has 1 aromatic rings. The maximum atomic E-state index is 11.5. The number of methoxy groups -OCH3 is 1. The normalized spacial score (nSPS) is 11.0. The fraction of sp³-hybridized carbons (Fsp3) is 0.357. The molecular formula is C14H21NO3Si. The highest BCUT2D eigenvalue weighted by Gasteiger charge is 2.28. The van der Waals surface area contributed by atoms with Crippen molar-refractivity contribution in [2.45, 2.75) is 26.6 Å². The van der Waals surface area contributed by atoms with Gasteiger partial charge in [0.1, 0.15) is 5.75 Å². The molecule has 0 aliphatic rings. The molecule has 0 unspecified atom stereocenters. The second-order valence-corrected chi connectivity index (χ2v) is 9.62. The Kier molecular flexibility index (Phi) is 4.91. The molecule has 0 aliphatic heterocycles. The van der Waals surface area contributed by atoms with E-state index in [9.17, 15) is 4.79 Å². The lowest BCUT2D eigenvalue weighted by atomic mass is 10.2. The Balaban J connectivity index is 3.07. The van der Waals surface area contributed by atoms with Crippen LogP contribution in [0.2, 0.25) is 19.6 Å². The van der Waals surface area contributed by atoms with E-state index in [1.54, 1.807) is 7.11 Å². The zero-order valence-corrected chi connectivity index (χ0v) is 13.2. The van der Waals surface area contributed by atoms with Gasteiger partial charge in [0.25, 0.3) is 0 Å². The second kappa shape index (κ2) is 6.03. The Hall–Kier alpha value is -1.59. The highest BCUT2D eigenvalue weighted by Crippen LogP contribution is 2.24. The molecule has 0 spiro atoms. The Bertz CT molecular complexity index is 463. The highest BCUT2D eigenvalue weighted by molar-refractivity contribution is 6.69. The first-order valence-corrected chi connectivity index (χ1v) is 9.47. The van der Waals surface area contributed by atoms with Gasteiger partial charge >= 0.3 is 5.91 Å². The molecule has 0 saturated carbocycles. The van der Waals surface area contributed by atoms with Gasteiger partial charge in [-0.1, -0.05) is 12.1 Å². The van der Waals surface area contributed by atoms with Crippen molar-refractivity contribution in [3.63, 3.8) is 0 Å². The molecule has 1 aromatic carbocycles. The van der Waals surface area contributed by atoms with E-state index in [0.29, 0.717) is 6.23 Å². The molecule has 104 valence electrons. The van der Waals surface area contributed by atoms with Gasteiger partial charge in [0.2, 0.25) is 6.23 Å². The van der Waals surface area contributed by atoms with E-state index in [-0.39, 0.29) is 5.91 Å². The molecule has 0 fully saturated rings. The van der Waals surface area contributed by atoms with Crippen molar-refractivity contribution in [1.82, 2.24) is 0 Å². The number of benzene rings is 1. The topological polar surface area (TPSA) is 38.5 Å². The summed E-state index contributed by atoms with van der Waals surface area (Å²) in [7, 11) is -0.223. The quantitative estimate of drug-likeness (QED) is 0.360. The van der Waals surface area contributed by atoms with Crippen LogP contribution in [0.25, 0.3) is 0 Å². The summed E-state index contributed by atoms with van der Waals surface area (Å²) >= 11 is 0. The van der Waals surface area contributed by atoms with Gasteiger partial charge in [0, 0.05) is 6.92 Å². The molecule has 0 atom stereocenters. The number of nitrogens with zero attached hydrogens (tertiary/aromatic N) is 1. The monoisotopic (exact) mass is 279 g/mol. The maximum absolute atomic E-state index is 11.5. The standard InChI is InChI=1S/C14H21NO3Si/c1-11(16)15(2)14(18-19(4,5)6)12-7-9-13(17-3)10-8-12/h7-10H,2H2,1,3-6H3. The van der Waals surface area contributed by atoms with Crippen LogP contribution in [0.15, 0.2) is 24.3 Å². The van der Waals surface area contributed by atoms with Gasteiger partial charge in [0.15, 0.2) is 8.32 Å². The average molecular weight is 279 g/mol. The number of rotatable bonds is 5. The Morgan fingerprint density at radius 2 is 1.79 bits per heavy atom. The Morgan fingerprint density at radius 1 is 1.26 bits per heavy atom. The number of ether oxygens (including phenoxy) is 1. The summed E-state index contributed by atoms with van der Waals surface area (Å²) in [5.41, 5.74) is 0.813. The summed E-state index contributed by atoms with van der Waals surface area (Å²) in [5.74, 6) is 0.596. The molecule has 19 heavy (non-hydrogen) atoms. The first-order valence-electron chi connectivity index (χ1n) is 6.06. The largest absolute Gasteiger partial charge is 0.498 e. The predicted molar refractivity (Wildman–Crippen MR) is 77.8 cm³/mol. The number of hydrogen-bond acceptors (Lipinski definition) is 3. The van der Waals surface area contributed by atoms with Crippen LogP contribution in [-0.2, 0) is 9.22 Å². The third kappa shape index (κ3) is 4.53. The van der Waals surface area contributed by atoms with Crippen LogP contribution in [0.4, 0.5) is 0 Å². The van der Waals surface area contributed by atoms with Crippen LogP contribution >= 0.6 is 0 Å². The molecule has 0 heterocycles. The summed E-state index contributed by atoms with van der Waals surface area (Å²) in [6.45, 7) is 11.4. The fourth-order valence-electron chi connectivity index (χ4n) is 1.44. The second-order valence-electron chi connectivity index (χ2n) is 5.20. The highest BCUT2D eigenvalue weighted by atomic mass is 28.4. The average Bonchev–Trinajstić information content (AvgIpc) is 2.34. The van der Waals surface area contributed by atoms with Crippen molar-refractivity contribution >= 4 is 20.9 Å². The van der Waals surface area contributed by atoms with Crippen molar-refractivity contribution in [2.24, 2.45) is 0 Å². The molecule has 0 aliphatic carbocycles. The van der Waals surface area contributed by atoms with E-state index in [2.05, 4.69) is 26.4 Å². The zero-order chi connectivity index (χ0) is 14.6. The van der Waals surface area contributed by atoms with E-state index < -0.39 is 8.32 Å². The van der Waals surface area contributed by atoms with E-state index in [4.69, 9.17) is 9.16 Å². The Morgan fingerprint density at radius 3 is 2.16 bits per heavy atom. The zero-order valence-electron chi connectivity index (χ0n) is 12.2. The SMILES string of the molecule is C=[N+](C(C)=O)[C-](O[Si](C)(C)C)c1ccc(OC)cc1. The van der Waals surface area contributed by atoms with Crippen LogP contribution in [-0.4, -0.2) is 32.6 Å². The summed E-state index contributed by atoms with van der Waals surface area (Å²) in [5, 5.41) is 0. The number of amides is 1. The fourth-order valence-corrected chi connectivity index (χ4v) is 2.24. The summed E-state index contributed by atoms with van der Waals surface area (Å²) in [6, 6.07) is 7.37. The number of hydrogen-bond donors (Lipinski definition) is 0. The smallest absolute Gasteiger partial charge is 0.326 e. The predicted octanol–water partition coefficient (Wildman–Crippen LogP) is 2.64. The van der Waals surface area contributed by atoms with Crippen LogP contribution < -0.4 is 4.74 Å². The molecule has 0 bridgehead atoms. The van der Waals surface area contributed by atoms with E-state index in [1.807, 2.05) is 24.3 Å². The summed E-state index contributed by atoms with van der Waals surface area (Å²) in [6.07, 6.45) is 0.495.